The minimum absolute atomic E-state index is 0.00913. The summed E-state index contributed by atoms with van der Waals surface area (Å²) in [6.07, 6.45) is 46.4. The second kappa shape index (κ2) is 32.7. The summed E-state index contributed by atoms with van der Waals surface area (Å²) in [6, 6.07) is 24.9. The lowest BCUT2D eigenvalue weighted by atomic mass is 9.61. The second-order valence-electron chi connectivity index (χ2n) is 38.1. The molecule has 20 heteroatoms. The van der Waals surface area contributed by atoms with Crippen LogP contribution in [0.25, 0.3) is 21.5 Å². The molecule has 2 aromatic carbocycles. The molecule has 4 aromatic heterocycles. The minimum atomic E-state index is -0.267. The Morgan fingerprint density at radius 3 is 1.24 bits per heavy atom. The smallest absolute Gasteiger partial charge is 0.302 e. The molecule has 0 spiro atoms. The van der Waals surface area contributed by atoms with Crippen LogP contribution < -0.4 is 0 Å². The Morgan fingerprint density at radius 2 is 0.774 bits per heavy atom. The molecular weight excluding hydrogens is 1560 g/mol. The van der Waals surface area contributed by atoms with Gasteiger partial charge >= 0.3 is 23.9 Å². The Bertz CT molecular complexity index is 5760. The van der Waals surface area contributed by atoms with Crippen molar-refractivity contribution in [2.45, 2.75) is 256 Å². The summed E-state index contributed by atoms with van der Waals surface area (Å²) in [5, 5.41) is 4.47. The number of carbonyl (C=O) groups is 8. The van der Waals surface area contributed by atoms with E-state index < -0.39 is 0 Å². The number of carbonyl (C=O) groups excluding carboxylic acids is 8. The first-order valence-electron chi connectivity index (χ1n) is 44.9. The van der Waals surface area contributed by atoms with Crippen molar-refractivity contribution in [3.63, 3.8) is 0 Å². The van der Waals surface area contributed by atoms with Gasteiger partial charge in [-0.3, -0.25) is 58.3 Å². The molecule has 0 radical (unpaired) electrons. The topological polar surface area (TPSA) is 262 Å². The van der Waals surface area contributed by atoms with Gasteiger partial charge in [-0.15, -0.1) is 0 Å². The van der Waals surface area contributed by atoms with E-state index in [2.05, 4.69) is 133 Å². The molecule has 6 saturated carbocycles. The van der Waals surface area contributed by atoms with Gasteiger partial charge < -0.3 is 37.9 Å². The first kappa shape index (κ1) is 82.3. The maximum absolute atomic E-state index is 12.5. The Balaban J connectivity index is 0.000000109. The van der Waals surface area contributed by atoms with Crippen molar-refractivity contribution in [2.75, 3.05) is 0 Å². The van der Waals surface area contributed by atoms with Crippen molar-refractivity contribution in [2.24, 2.45) is 45.3 Å². The molecule has 16 aliphatic rings. The average Bonchev–Trinajstić information content (AvgIpc) is 1.56. The van der Waals surface area contributed by atoms with Gasteiger partial charge in [0.25, 0.3) is 0 Å². The van der Waals surface area contributed by atoms with Crippen LogP contribution in [0.4, 0.5) is 0 Å². The molecule has 0 saturated heterocycles. The normalized spacial score (nSPS) is 34.1. The highest BCUT2D eigenvalue weighted by Crippen LogP contribution is 2.67. The van der Waals surface area contributed by atoms with Crippen LogP contribution in [-0.4, -0.2) is 116 Å². The number of fused-ring (bicyclic) bond motifs is 14. The molecule has 20 atom stereocenters. The van der Waals surface area contributed by atoms with Gasteiger partial charge in [-0.2, -0.15) is 0 Å². The molecular formula is C104H108N4O16. The summed E-state index contributed by atoms with van der Waals surface area (Å²) in [6.45, 7) is 15.1. The fraction of sp³-hybridized carbons (Fsp3) is 0.462. The molecule has 0 N–H and O–H groups in total. The number of ketones is 4. The number of benzene rings is 2. The Morgan fingerprint density at radius 1 is 0.371 bits per heavy atom. The Hall–Kier alpha value is -11.3. The quantitative estimate of drug-likeness (QED) is 0.101. The largest absolute Gasteiger partial charge is 0.489 e. The number of hydrogen-bond donors (Lipinski definition) is 0. The summed E-state index contributed by atoms with van der Waals surface area (Å²) >= 11 is 0. The minimum Gasteiger partial charge on any atom is -0.489 e. The van der Waals surface area contributed by atoms with Crippen LogP contribution >= 0.6 is 0 Å². The van der Waals surface area contributed by atoms with Crippen molar-refractivity contribution in [1.29, 1.82) is 0 Å². The molecule has 0 bridgehead atoms. The predicted molar refractivity (Wildman–Crippen MR) is 462 cm³/mol. The number of allylic oxidation sites excluding steroid dienone is 14. The van der Waals surface area contributed by atoms with E-state index in [-0.39, 0.29) is 165 Å². The van der Waals surface area contributed by atoms with Gasteiger partial charge in [-0.05, 0) is 192 Å². The van der Waals surface area contributed by atoms with E-state index >= 15 is 0 Å². The SMILES string of the molecule is CC(=O)OC1C[C@H]2[C@@H]3OC4=C(C=C3C=C[C@]2(C)[C@H]1c1cccc2cnccc12)C(=O)CCC4.CC(=O)OC1C[C@H]2[C@@H]3OC4=C(C=C3C=C[C@]2(C)[C@H]1c1cccnc1)C(=O)CCC4.CC(=O)OC1C[C@H]2[C@@H]3OC4=C(C=C3CC[C@]2(C)[C@H]1c1ccc2cnccc2c1)C(=O)CCC4.CC(=O)OC1C[C@H]2[C@@H]3OC4=C(C=C3CC[C@]2(C)[C@H]1c1cccnc1)C(=O)CCC4. The number of rotatable bonds is 8. The van der Waals surface area contributed by atoms with Gasteiger partial charge in [0, 0.05) is 198 Å². The van der Waals surface area contributed by atoms with E-state index in [1.807, 2.05) is 73.6 Å². The Kier molecular flexibility index (Phi) is 21.7. The second-order valence-corrected chi connectivity index (χ2v) is 38.1. The van der Waals surface area contributed by atoms with E-state index in [1.165, 1.54) is 50.0 Å². The van der Waals surface area contributed by atoms with Crippen molar-refractivity contribution in [3.05, 3.63) is 261 Å². The van der Waals surface area contributed by atoms with E-state index in [1.54, 1.807) is 12.4 Å². The summed E-state index contributed by atoms with van der Waals surface area (Å²) in [5.41, 5.74) is 11.6. The highest BCUT2D eigenvalue weighted by molar-refractivity contribution is 6.02. The third-order valence-electron chi connectivity index (χ3n) is 30.9. The highest BCUT2D eigenvalue weighted by atomic mass is 16.6. The number of aromatic nitrogens is 4. The van der Waals surface area contributed by atoms with E-state index in [4.69, 9.17) is 37.9 Å². The zero-order chi connectivity index (χ0) is 85.8. The van der Waals surface area contributed by atoms with Gasteiger partial charge in [0.2, 0.25) is 0 Å². The average molecular weight is 1670 g/mol. The summed E-state index contributed by atoms with van der Waals surface area (Å²) in [4.78, 5) is 115. The lowest BCUT2D eigenvalue weighted by Gasteiger charge is -2.47. The van der Waals surface area contributed by atoms with Crippen LogP contribution in [-0.2, 0) is 76.3 Å². The first-order valence-corrected chi connectivity index (χ1v) is 44.9. The maximum atomic E-state index is 12.5. The monoisotopic (exact) mass is 1670 g/mol. The lowest BCUT2D eigenvalue weighted by Crippen LogP contribution is -2.43. The van der Waals surface area contributed by atoms with E-state index in [0.29, 0.717) is 32.1 Å². The maximum Gasteiger partial charge on any atom is 0.302 e. The van der Waals surface area contributed by atoms with Crippen LogP contribution in [0.2, 0.25) is 0 Å². The number of pyridine rings is 4. The van der Waals surface area contributed by atoms with Gasteiger partial charge in [-0.1, -0.05) is 101 Å². The van der Waals surface area contributed by atoms with Crippen LogP contribution in [0, 0.1) is 45.3 Å². The van der Waals surface area contributed by atoms with Crippen LogP contribution in [0.1, 0.15) is 230 Å². The molecule has 12 aliphatic carbocycles. The molecule has 124 heavy (non-hydrogen) atoms. The molecule has 0 amide bonds. The molecule has 640 valence electrons. The number of esters is 4. The van der Waals surface area contributed by atoms with Crippen molar-refractivity contribution >= 4 is 68.6 Å². The molecule has 6 fully saturated rings. The van der Waals surface area contributed by atoms with Crippen molar-refractivity contribution < 1.29 is 76.3 Å². The van der Waals surface area contributed by atoms with Gasteiger partial charge in [0.05, 0.1) is 22.3 Å². The van der Waals surface area contributed by atoms with E-state index in [9.17, 15) is 38.4 Å². The fourth-order valence-corrected chi connectivity index (χ4v) is 25.4. The van der Waals surface area contributed by atoms with Gasteiger partial charge in [0.1, 0.15) is 71.9 Å². The summed E-state index contributed by atoms with van der Waals surface area (Å²) in [5.74, 6) is 4.12. The number of Topliss-reactive ketones (excluding diaryl/α,β-unsaturated/α-hetero) is 4. The molecule has 8 heterocycles. The summed E-state index contributed by atoms with van der Waals surface area (Å²) < 4.78 is 49.7. The zero-order valence-electron chi connectivity index (χ0n) is 71.9. The molecule has 22 rings (SSSR count). The number of ether oxygens (including phenoxy) is 8. The van der Waals surface area contributed by atoms with Crippen LogP contribution in [0.5, 0.6) is 0 Å². The number of hydrogen-bond acceptors (Lipinski definition) is 20. The highest BCUT2D eigenvalue weighted by Gasteiger charge is 2.64. The predicted octanol–water partition coefficient (Wildman–Crippen LogP) is 18.9. The Labute approximate surface area is 723 Å². The molecule has 4 unspecified atom stereocenters. The first-order chi connectivity index (χ1) is 59.8. The third kappa shape index (κ3) is 14.6. The number of nitrogens with zero attached hydrogens (tertiary/aromatic N) is 4. The van der Waals surface area contributed by atoms with Gasteiger partial charge in [0.15, 0.2) is 23.1 Å². The summed E-state index contributed by atoms with van der Waals surface area (Å²) in [7, 11) is 0. The molecule has 20 nitrogen and oxygen atoms in total. The molecule has 4 aliphatic heterocycles. The van der Waals surface area contributed by atoms with Crippen molar-refractivity contribution in [1.82, 2.24) is 19.9 Å². The van der Waals surface area contributed by atoms with Crippen molar-refractivity contribution in [3.8, 4) is 0 Å². The fourth-order valence-electron chi connectivity index (χ4n) is 25.4. The zero-order valence-corrected chi connectivity index (χ0v) is 71.9. The standard InChI is InChI=1S/C28H27NO4.C28H29NO4.C24H27NO4.C24H25NO4/c1-16(30)32-25-14-22-27-17(13-21-23(31)7-4-8-24(21)33-27)9-11-28(22,2)26(25)20-6-3-5-18-15-29-12-10-19(18)20;1-16(30)32-25-14-22-27-19(13-21-23(31)4-3-5-24(21)33-27)8-10-28(22,2)26(25)18-6-7-20-15-29-11-9-17(20)12-18;2*1-14(26)28-21-12-18-23-15(11-17-19(27)6-3-7-20(17)29-23)8-9-24(18,2)22(21)16-5-4-10-25-13-16/h3,5-6,9-13,15,22,25-27H,4,7-8,14H2,1-2H3;6-7,9,11-13,15,22,25-27H,3-5,8,10,14H2,1-2H3;4-5,10-11,13,18,21-23H,3,6-9,12H2,1-2H3;4-5,8-11,13,18,21-23H,3,6-7,12H2,1-2H3/t2*22-,25?,26-,27+,28-;2*18-,21?,22-,23+,24-/m0000/s1. The van der Waals surface area contributed by atoms with E-state index in [0.717, 1.165) is 185 Å². The third-order valence-corrected chi connectivity index (χ3v) is 30.9. The molecule has 6 aromatic rings. The lowest BCUT2D eigenvalue weighted by molar-refractivity contribution is -0.148. The van der Waals surface area contributed by atoms with Crippen LogP contribution in [0.3, 0.4) is 0 Å². The van der Waals surface area contributed by atoms with Gasteiger partial charge in [-0.25, -0.2) is 0 Å². The van der Waals surface area contributed by atoms with Crippen LogP contribution in [0.15, 0.2) is 239 Å².